The Labute approximate surface area is 140 Å². The molecule has 0 radical (unpaired) electrons. The third-order valence-corrected chi connectivity index (χ3v) is 4.10. The van der Waals surface area contributed by atoms with Gasteiger partial charge in [0.05, 0.1) is 18.2 Å². The van der Waals surface area contributed by atoms with Crippen LogP contribution >= 0.6 is 12.2 Å². The minimum absolute atomic E-state index is 0.118. The molecule has 0 atom stereocenters. The number of nitrogens with one attached hydrogen (secondary N) is 1. The number of rotatable bonds is 3. The summed E-state index contributed by atoms with van der Waals surface area (Å²) in [4.78, 5) is 18.8. The van der Waals surface area contributed by atoms with E-state index in [4.69, 9.17) is 17.0 Å². The number of ether oxygens (including phenoxy) is 1. The maximum atomic E-state index is 13.5. The number of aromatic nitrogens is 3. The zero-order valence-electron chi connectivity index (χ0n) is 12.8. The third-order valence-electron chi connectivity index (χ3n) is 3.72. The van der Waals surface area contributed by atoms with Crippen LogP contribution in [0.15, 0.2) is 35.1 Å². The monoisotopic (exact) mass is 349 g/mol. The summed E-state index contributed by atoms with van der Waals surface area (Å²) in [7, 11) is 3.11. The normalized spacial score (nSPS) is 11.2. The molecule has 0 aliphatic rings. The van der Waals surface area contributed by atoms with E-state index in [0.29, 0.717) is 17.0 Å². The van der Waals surface area contributed by atoms with E-state index in [1.165, 1.54) is 17.7 Å². The van der Waals surface area contributed by atoms with Gasteiger partial charge >= 0.3 is 0 Å². The van der Waals surface area contributed by atoms with Gasteiger partial charge in [-0.3, -0.25) is 9.78 Å². The predicted octanol–water partition coefficient (Wildman–Crippen LogP) is 3.60. The molecule has 2 heterocycles. The zero-order valence-corrected chi connectivity index (χ0v) is 13.7. The SMILES string of the molecule is COc1ccc(-c2cc(C(F)F)c3c(=O)[nH]c(=S)n(C)c3n2)cc1. The summed E-state index contributed by atoms with van der Waals surface area (Å²) in [5, 5.41) is -0.154. The Morgan fingerprint density at radius 3 is 2.54 bits per heavy atom. The number of aryl methyl sites for hydroxylation is 1. The fourth-order valence-electron chi connectivity index (χ4n) is 2.45. The first-order valence-corrected chi connectivity index (χ1v) is 7.39. The van der Waals surface area contributed by atoms with E-state index in [2.05, 4.69) is 9.97 Å². The maximum Gasteiger partial charge on any atom is 0.264 e. The number of H-pyrrole nitrogens is 1. The summed E-state index contributed by atoms with van der Waals surface area (Å²) in [6.45, 7) is 0. The smallest absolute Gasteiger partial charge is 0.264 e. The average Bonchev–Trinajstić information content (AvgIpc) is 2.58. The molecule has 0 amide bonds. The molecular formula is C16H13F2N3O2S. The highest BCUT2D eigenvalue weighted by molar-refractivity contribution is 7.71. The number of aromatic amines is 1. The van der Waals surface area contributed by atoms with Crippen molar-refractivity contribution in [2.45, 2.75) is 6.43 Å². The number of hydrogen-bond acceptors (Lipinski definition) is 4. The first kappa shape index (κ1) is 16.3. The molecule has 0 saturated heterocycles. The molecular weight excluding hydrogens is 336 g/mol. The lowest BCUT2D eigenvalue weighted by Gasteiger charge is -2.11. The van der Waals surface area contributed by atoms with Crippen LogP contribution in [-0.2, 0) is 7.05 Å². The number of halogens is 2. The van der Waals surface area contributed by atoms with E-state index in [1.54, 1.807) is 31.3 Å². The van der Waals surface area contributed by atoms with Crippen molar-refractivity contribution in [2.24, 2.45) is 7.05 Å². The highest BCUT2D eigenvalue weighted by Crippen LogP contribution is 2.30. The highest BCUT2D eigenvalue weighted by Gasteiger charge is 2.19. The van der Waals surface area contributed by atoms with E-state index in [1.807, 2.05) is 0 Å². The topological polar surface area (TPSA) is 59.9 Å². The second-order valence-electron chi connectivity index (χ2n) is 5.14. The number of benzene rings is 1. The lowest BCUT2D eigenvalue weighted by molar-refractivity contribution is 0.153. The van der Waals surface area contributed by atoms with Crippen LogP contribution in [0.25, 0.3) is 22.3 Å². The Morgan fingerprint density at radius 1 is 1.29 bits per heavy atom. The van der Waals surface area contributed by atoms with Crippen LogP contribution in [0.1, 0.15) is 12.0 Å². The van der Waals surface area contributed by atoms with Crippen molar-refractivity contribution in [1.82, 2.24) is 14.5 Å². The maximum absolute atomic E-state index is 13.5. The molecule has 0 saturated carbocycles. The van der Waals surface area contributed by atoms with Gasteiger partial charge < -0.3 is 9.30 Å². The third kappa shape index (κ3) is 2.69. The minimum atomic E-state index is -2.82. The Bertz CT molecular complexity index is 1030. The lowest BCUT2D eigenvalue weighted by Crippen LogP contribution is -2.16. The van der Waals surface area contributed by atoms with Crippen molar-refractivity contribution < 1.29 is 13.5 Å². The second kappa shape index (κ2) is 6.12. The summed E-state index contributed by atoms with van der Waals surface area (Å²) in [6.07, 6.45) is -2.82. The highest BCUT2D eigenvalue weighted by atomic mass is 32.1. The van der Waals surface area contributed by atoms with Gasteiger partial charge in [0.1, 0.15) is 11.4 Å². The summed E-state index contributed by atoms with van der Waals surface area (Å²) in [6, 6.07) is 8.07. The van der Waals surface area contributed by atoms with Crippen LogP contribution in [0.4, 0.5) is 8.78 Å². The van der Waals surface area contributed by atoms with Gasteiger partial charge in [0, 0.05) is 18.2 Å². The Hall–Kier alpha value is -2.61. The number of pyridine rings is 1. The number of nitrogens with zero attached hydrogens (tertiary/aromatic N) is 2. The molecule has 5 nitrogen and oxygen atoms in total. The summed E-state index contributed by atoms with van der Waals surface area (Å²) < 4.78 is 33.6. The molecule has 124 valence electrons. The molecule has 0 spiro atoms. The summed E-state index contributed by atoms with van der Waals surface area (Å²) >= 11 is 5.03. The molecule has 1 N–H and O–H groups in total. The van der Waals surface area contributed by atoms with Crippen LogP contribution in [0, 0.1) is 4.77 Å². The van der Waals surface area contributed by atoms with Crippen LogP contribution < -0.4 is 10.3 Å². The number of alkyl halides is 2. The molecule has 24 heavy (non-hydrogen) atoms. The van der Waals surface area contributed by atoms with Gasteiger partial charge in [-0.25, -0.2) is 13.8 Å². The first-order chi connectivity index (χ1) is 11.4. The second-order valence-corrected chi connectivity index (χ2v) is 5.53. The average molecular weight is 349 g/mol. The summed E-state index contributed by atoms with van der Waals surface area (Å²) in [5.74, 6) is 0.642. The van der Waals surface area contributed by atoms with Crippen molar-refractivity contribution in [2.75, 3.05) is 7.11 Å². The van der Waals surface area contributed by atoms with E-state index < -0.39 is 12.0 Å². The molecule has 2 aromatic heterocycles. The fourth-order valence-corrected chi connectivity index (χ4v) is 2.63. The van der Waals surface area contributed by atoms with Gasteiger partial charge in [-0.05, 0) is 42.5 Å². The van der Waals surface area contributed by atoms with Gasteiger partial charge in [0.25, 0.3) is 12.0 Å². The Balaban J connectivity index is 2.36. The van der Waals surface area contributed by atoms with Crippen LogP contribution in [-0.4, -0.2) is 21.6 Å². The van der Waals surface area contributed by atoms with E-state index >= 15 is 0 Å². The van der Waals surface area contributed by atoms with E-state index in [9.17, 15) is 13.6 Å². The summed E-state index contributed by atoms with van der Waals surface area (Å²) in [5.41, 5.74) is 0.0315. The minimum Gasteiger partial charge on any atom is -0.497 e. The molecule has 0 unspecified atom stereocenters. The molecule has 1 aromatic carbocycles. The van der Waals surface area contributed by atoms with Gasteiger partial charge in [0.2, 0.25) is 0 Å². The Morgan fingerprint density at radius 2 is 1.96 bits per heavy atom. The first-order valence-electron chi connectivity index (χ1n) is 6.99. The Kier molecular flexibility index (Phi) is 4.15. The largest absolute Gasteiger partial charge is 0.497 e. The molecule has 3 rings (SSSR count). The quantitative estimate of drug-likeness (QED) is 0.734. The van der Waals surface area contributed by atoms with E-state index in [0.717, 1.165) is 0 Å². The van der Waals surface area contributed by atoms with Crippen molar-refractivity contribution in [3.8, 4) is 17.0 Å². The van der Waals surface area contributed by atoms with Gasteiger partial charge in [-0.2, -0.15) is 0 Å². The standard InChI is InChI=1S/C16H13F2N3O2S/c1-21-14-12(15(22)20-16(21)24)10(13(17)18)7-11(19-14)8-3-5-9(23-2)6-4-8/h3-7,13H,1-2H3,(H,20,22,24). The zero-order chi connectivity index (χ0) is 17.4. The number of fused-ring (bicyclic) bond motifs is 1. The van der Waals surface area contributed by atoms with Gasteiger partial charge in [-0.1, -0.05) is 0 Å². The fraction of sp³-hybridized carbons (Fsp3) is 0.188. The van der Waals surface area contributed by atoms with Gasteiger partial charge in [-0.15, -0.1) is 0 Å². The predicted molar refractivity (Wildman–Crippen MR) is 89.1 cm³/mol. The molecule has 0 bridgehead atoms. The van der Waals surface area contributed by atoms with Gasteiger partial charge in [0.15, 0.2) is 4.77 Å². The molecule has 8 heteroatoms. The van der Waals surface area contributed by atoms with E-state index in [-0.39, 0.29) is 21.4 Å². The molecule has 3 aromatic rings. The van der Waals surface area contributed by atoms with Crippen molar-refractivity contribution in [1.29, 1.82) is 0 Å². The molecule has 0 fully saturated rings. The van der Waals surface area contributed by atoms with Crippen molar-refractivity contribution in [3.05, 3.63) is 51.0 Å². The van der Waals surface area contributed by atoms with Crippen LogP contribution in [0.2, 0.25) is 0 Å². The lowest BCUT2D eigenvalue weighted by atomic mass is 10.1. The molecule has 0 aliphatic heterocycles. The molecule has 0 aliphatic carbocycles. The number of hydrogen-bond donors (Lipinski definition) is 1. The van der Waals surface area contributed by atoms with Crippen molar-refractivity contribution >= 4 is 23.3 Å². The van der Waals surface area contributed by atoms with Crippen LogP contribution in [0.5, 0.6) is 5.75 Å². The number of methoxy groups -OCH3 is 1. The van der Waals surface area contributed by atoms with Crippen molar-refractivity contribution in [3.63, 3.8) is 0 Å². The van der Waals surface area contributed by atoms with Crippen LogP contribution in [0.3, 0.4) is 0 Å².